The third kappa shape index (κ3) is 11.3. The summed E-state index contributed by atoms with van der Waals surface area (Å²) in [7, 11) is 2.97. The zero-order chi connectivity index (χ0) is 41.1. The average molecular weight is 766 g/mol. The third-order valence-electron chi connectivity index (χ3n) is 10.1. The van der Waals surface area contributed by atoms with Crippen LogP contribution >= 0.6 is 0 Å². The monoisotopic (exact) mass is 765 g/mol. The highest BCUT2D eigenvalue weighted by Crippen LogP contribution is 2.71. The number of fused-ring (bicyclic) bond motifs is 1. The molecular formula is C38H54F3N5O8. The number of Topliss-reactive ketones (excluding diaryl/α,β-unsaturated/α-hetero) is 2. The zero-order valence-electron chi connectivity index (χ0n) is 32.6. The van der Waals surface area contributed by atoms with Crippen LogP contribution in [0.5, 0.6) is 0 Å². The van der Waals surface area contributed by atoms with Gasteiger partial charge >= 0.3 is 12.3 Å². The van der Waals surface area contributed by atoms with Crippen LogP contribution in [0.3, 0.4) is 0 Å². The van der Waals surface area contributed by atoms with Gasteiger partial charge in [-0.3, -0.25) is 28.8 Å². The van der Waals surface area contributed by atoms with Gasteiger partial charge < -0.3 is 30.9 Å². The predicted octanol–water partition coefficient (Wildman–Crippen LogP) is 3.86. The van der Waals surface area contributed by atoms with Gasteiger partial charge in [0.05, 0.1) is 24.5 Å². The van der Waals surface area contributed by atoms with E-state index in [0.29, 0.717) is 5.56 Å². The van der Waals surface area contributed by atoms with E-state index in [1.807, 2.05) is 13.8 Å². The van der Waals surface area contributed by atoms with Crippen LogP contribution < -0.4 is 21.3 Å². The summed E-state index contributed by atoms with van der Waals surface area (Å²) in [4.78, 5) is 94.2. The fourth-order valence-electron chi connectivity index (χ4n) is 7.27. The summed E-state index contributed by atoms with van der Waals surface area (Å²) in [6.45, 7) is 13.2. The molecule has 1 aromatic carbocycles. The van der Waals surface area contributed by atoms with Crippen molar-refractivity contribution in [3.63, 3.8) is 0 Å². The lowest BCUT2D eigenvalue weighted by Crippen LogP contribution is -2.55. The lowest BCUT2D eigenvalue weighted by atomic mass is 9.74. The average Bonchev–Trinajstić information content (AvgIpc) is 3.35. The lowest BCUT2D eigenvalue weighted by Gasteiger charge is -2.35. The minimum absolute atomic E-state index is 0.0884. The van der Waals surface area contributed by atoms with Crippen molar-refractivity contribution < 1.29 is 51.5 Å². The number of ether oxygens (including phenoxy) is 1. The number of alkyl carbamates (subject to hydrolysis) is 1. The van der Waals surface area contributed by atoms with Crippen molar-refractivity contribution in [2.75, 3.05) is 20.6 Å². The Morgan fingerprint density at radius 2 is 1.50 bits per heavy atom. The molecule has 2 fully saturated rings. The van der Waals surface area contributed by atoms with Crippen molar-refractivity contribution >= 4 is 41.3 Å². The molecular weight excluding hydrogens is 711 g/mol. The molecule has 2 aliphatic rings. The first-order chi connectivity index (χ1) is 24.7. The second-order valence-electron chi connectivity index (χ2n) is 17.1. The van der Waals surface area contributed by atoms with Crippen LogP contribution in [-0.2, 0) is 33.5 Å². The Bertz CT molecular complexity index is 1600. The molecule has 2 saturated carbocycles. The maximum atomic E-state index is 14.2. The molecule has 0 bridgehead atoms. The highest BCUT2D eigenvalue weighted by Gasteiger charge is 2.70. The van der Waals surface area contributed by atoms with Gasteiger partial charge in [-0.1, -0.05) is 65.0 Å². The van der Waals surface area contributed by atoms with Gasteiger partial charge in [0.1, 0.15) is 11.6 Å². The maximum absolute atomic E-state index is 14.2. The van der Waals surface area contributed by atoms with Crippen LogP contribution in [0.4, 0.5) is 18.0 Å². The summed E-state index contributed by atoms with van der Waals surface area (Å²) in [5, 5.41) is 9.56. The Morgan fingerprint density at radius 1 is 0.907 bits per heavy atom. The first-order valence-corrected chi connectivity index (χ1v) is 17.9. The molecule has 0 aromatic heterocycles. The van der Waals surface area contributed by atoms with Gasteiger partial charge in [-0.25, -0.2) is 4.79 Å². The second kappa shape index (κ2) is 16.5. The summed E-state index contributed by atoms with van der Waals surface area (Å²) in [6, 6.07) is 4.08. The molecule has 54 heavy (non-hydrogen) atoms. The fraction of sp³-hybridized carbons (Fsp3) is 0.658. The topological polar surface area (TPSA) is 180 Å². The second-order valence-corrected chi connectivity index (χ2v) is 17.1. The molecule has 3 rings (SSSR count). The van der Waals surface area contributed by atoms with E-state index in [2.05, 4.69) is 21.3 Å². The van der Waals surface area contributed by atoms with Crippen LogP contribution in [-0.4, -0.2) is 90.7 Å². The molecule has 0 spiro atoms. The number of nitrogens with zero attached hydrogens (tertiary/aromatic N) is 1. The number of nitrogens with one attached hydrogen (secondary N) is 4. The summed E-state index contributed by atoms with van der Waals surface area (Å²) >= 11 is 0. The minimum Gasteiger partial charge on any atom is -0.444 e. The quantitative estimate of drug-likeness (QED) is 0.206. The van der Waals surface area contributed by atoms with E-state index in [4.69, 9.17) is 4.74 Å². The highest BCUT2D eigenvalue weighted by molar-refractivity contribution is 6.38. The number of likely N-dealkylation sites (N-methyl/N-ethyl adjacent to an activating group) is 1. The van der Waals surface area contributed by atoms with Crippen LogP contribution in [0.2, 0.25) is 0 Å². The van der Waals surface area contributed by atoms with Crippen molar-refractivity contribution in [3.8, 4) is 0 Å². The Hall–Kier alpha value is -4.50. The van der Waals surface area contributed by atoms with Crippen molar-refractivity contribution in [1.29, 1.82) is 0 Å². The molecule has 0 radical (unpaired) electrons. The molecule has 13 nitrogen and oxygen atoms in total. The number of rotatable bonds is 14. The van der Waals surface area contributed by atoms with Gasteiger partial charge in [-0.2, -0.15) is 13.2 Å². The molecule has 16 heteroatoms. The van der Waals surface area contributed by atoms with E-state index >= 15 is 0 Å². The van der Waals surface area contributed by atoms with Crippen LogP contribution in [0.25, 0.3) is 0 Å². The summed E-state index contributed by atoms with van der Waals surface area (Å²) < 4.78 is 45.6. The van der Waals surface area contributed by atoms with Crippen LogP contribution in [0.1, 0.15) is 86.3 Å². The highest BCUT2D eigenvalue weighted by atomic mass is 19.4. The number of ketones is 2. The van der Waals surface area contributed by atoms with Gasteiger partial charge in [-0.15, -0.1) is 0 Å². The molecule has 5 amide bonds. The van der Waals surface area contributed by atoms with Gasteiger partial charge in [-0.05, 0) is 61.8 Å². The summed E-state index contributed by atoms with van der Waals surface area (Å²) in [5.41, 5.74) is -1.63. The van der Waals surface area contributed by atoms with Crippen molar-refractivity contribution in [3.05, 3.63) is 35.9 Å². The molecule has 0 saturated heterocycles. The number of hydrogen-bond acceptors (Lipinski definition) is 8. The molecule has 2 unspecified atom stereocenters. The van der Waals surface area contributed by atoms with Crippen LogP contribution in [0.15, 0.2) is 30.3 Å². The Balaban J connectivity index is 1.81. The van der Waals surface area contributed by atoms with E-state index < -0.39 is 113 Å². The maximum Gasteiger partial charge on any atom is 0.408 e. The third-order valence-corrected chi connectivity index (χ3v) is 10.1. The zero-order valence-corrected chi connectivity index (χ0v) is 32.6. The van der Waals surface area contributed by atoms with Crippen molar-refractivity contribution in [2.45, 2.75) is 105 Å². The smallest absolute Gasteiger partial charge is 0.408 e. The number of hydrogen-bond donors (Lipinski definition) is 4. The predicted molar refractivity (Wildman–Crippen MR) is 191 cm³/mol. The number of alkyl halides is 3. The normalized spacial score (nSPS) is 22.0. The Kier molecular flexibility index (Phi) is 13.4. The largest absolute Gasteiger partial charge is 0.444 e. The van der Waals surface area contributed by atoms with E-state index in [0.717, 1.165) is 0 Å². The first-order valence-electron chi connectivity index (χ1n) is 17.9. The molecule has 2 aliphatic carbocycles. The summed E-state index contributed by atoms with van der Waals surface area (Å²) in [6.07, 6.45) is -7.80. The van der Waals surface area contributed by atoms with Gasteiger partial charge in [0.2, 0.25) is 23.5 Å². The first kappa shape index (κ1) is 43.9. The SMILES string of the molecule is CN(C)C(=O)[C@@H](NC(=O)CNC(=O)C(=O)C(CCC(F)(F)F)NC(=O)[C@H]1C(C(=O)[C@@H](NC(=O)OC(C)(C)C)C(C)(C)C)C[C@H]2[C@@H]1C2(C)C)c1ccccc1. The Labute approximate surface area is 314 Å². The number of carbonyl (C=O) groups excluding carboxylic acids is 7. The number of benzene rings is 1. The number of amides is 5. The van der Waals surface area contributed by atoms with E-state index in [1.165, 1.54) is 19.0 Å². The fourth-order valence-corrected chi connectivity index (χ4v) is 7.27. The van der Waals surface area contributed by atoms with E-state index in [-0.39, 0.29) is 18.3 Å². The Morgan fingerprint density at radius 3 is 2.02 bits per heavy atom. The molecule has 0 heterocycles. The molecule has 300 valence electrons. The molecule has 4 N–H and O–H groups in total. The van der Waals surface area contributed by atoms with Crippen LogP contribution in [0, 0.1) is 34.5 Å². The van der Waals surface area contributed by atoms with Crippen molar-refractivity contribution in [1.82, 2.24) is 26.2 Å². The van der Waals surface area contributed by atoms with Gasteiger partial charge in [0, 0.05) is 26.4 Å². The minimum atomic E-state index is -4.74. The van der Waals surface area contributed by atoms with Gasteiger partial charge in [0.25, 0.3) is 5.91 Å². The molecule has 7 atom stereocenters. The number of carbonyl (C=O) groups is 7. The van der Waals surface area contributed by atoms with Crippen molar-refractivity contribution in [2.24, 2.45) is 34.5 Å². The van der Waals surface area contributed by atoms with E-state index in [9.17, 15) is 46.7 Å². The summed E-state index contributed by atoms with van der Waals surface area (Å²) in [5.74, 6) is -7.98. The van der Waals surface area contributed by atoms with Gasteiger partial charge in [0.15, 0.2) is 5.78 Å². The standard InChI is InChI=1S/C38H54F3N5O8/c1-35(2,3)30(45-34(53)54-36(4,5)6)28(48)21-18-22-26(37(22,7)8)25(21)31(50)43-23(16-17-38(39,40)41)29(49)32(51)42-19-24(47)44-27(33(52)46(9)10)20-14-12-11-13-15-20/h11-15,21-23,25-27,30H,16-19H2,1-10H3,(H,42,51)(H,43,50)(H,44,47)(H,45,53)/t21?,22-,23?,25-,26-,27-,30+/m0/s1. The van der Waals surface area contributed by atoms with E-state index in [1.54, 1.807) is 71.9 Å². The number of halogens is 3. The molecule has 1 aromatic rings. The molecule has 0 aliphatic heterocycles. The lowest BCUT2D eigenvalue weighted by molar-refractivity contribution is -0.147.